The maximum atomic E-state index is 11.3. The van der Waals surface area contributed by atoms with E-state index in [0.29, 0.717) is 75.1 Å². The topological polar surface area (TPSA) is 105 Å². The second kappa shape index (κ2) is 116. The molecule has 15 heteroatoms. The van der Waals surface area contributed by atoms with Gasteiger partial charge in [0.25, 0.3) is 0 Å². The van der Waals surface area contributed by atoms with Crippen molar-refractivity contribution in [1.29, 1.82) is 0 Å². The minimum atomic E-state index is -0.103. The second-order valence-electron chi connectivity index (χ2n) is 26.4. The summed E-state index contributed by atoms with van der Waals surface area (Å²) in [6, 6.07) is 0. The number of hydrogen-bond acceptors (Lipinski definition) is 12. The molecule has 0 fully saturated rings. The molecule has 0 saturated heterocycles. The number of rotatable bonds is 72. The van der Waals surface area contributed by atoms with Crippen LogP contribution in [0.1, 0.15) is 428 Å². The summed E-state index contributed by atoms with van der Waals surface area (Å²) in [5, 5.41) is 0. The molecule has 8 nitrogen and oxygen atoms in total. The monoisotopic (exact) mass is 1730 g/mol. The van der Waals surface area contributed by atoms with Gasteiger partial charge in [0.15, 0.2) is 0 Å². The Morgan fingerprint density at radius 2 is 0.337 bits per heavy atom. The smallest absolute Gasteiger partial charge is 0.789 e. The van der Waals surface area contributed by atoms with Gasteiger partial charge < -0.3 is 69.5 Å². The van der Waals surface area contributed by atoms with Gasteiger partial charge in [0.05, 0.1) is 26.4 Å². The molecule has 4 radical (unpaired) electrons. The van der Waals surface area contributed by atoms with Gasteiger partial charge >= 0.3 is 71.7 Å². The summed E-state index contributed by atoms with van der Waals surface area (Å²) in [4.78, 5) is 45.1. The molecule has 0 aliphatic carbocycles. The Labute approximate surface area is 693 Å². The molecule has 0 spiro atoms. The summed E-state index contributed by atoms with van der Waals surface area (Å²) in [6.07, 6.45) is 93.3. The zero-order valence-corrected chi connectivity index (χ0v) is 75.1. The number of carbonyl (C=O) groups excluding carboxylic acids is 4. The summed E-state index contributed by atoms with van der Waals surface area (Å²) in [5.41, 5.74) is 0. The number of allylic oxidation sites excluding steroid dienone is 8. The Kier molecular flexibility index (Phi) is 137. The Balaban J connectivity index is -0.000000157. The van der Waals surface area contributed by atoms with Crippen molar-refractivity contribution in [2.24, 2.45) is 0 Å². The van der Waals surface area contributed by atoms with E-state index in [1.807, 2.05) is 0 Å². The van der Waals surface area contributed by atoms with Crippen LogP contribution in [0.5, 0.6) is 0 Å². The van der Waals surface area contributed by atoms with Crippen LogP contribution in [-0.2, 0) is 88.6 Å². The fourth-order valence-corrected chi connectivity index (χ4v) is 11.3. The average molecular weight is 1730 g/mol. The van der Waals surface area contributed by atoms with Gasteiger partial charge in [-0.15, -0.1) is 23.0 Å². The molecule has 101 heavy (non-hydrogen) atoms. The van der Waals surface area contributed by atoms with Gasteiger partial charge in [0.1, 0.15) is 0 Å². The third-order valence-corrected chi connectivity index (χ3v) is 17.6. The van der Waals surface area contributed by atoms with Crippen LogP contribution in [0.25, 0.3) is 0 Å². The van der Waals surface area contributed by atoms with Gasteiger partial charge in [0, 0.05) is 25.7 Å². The summed E-state index contributed by atoms with van der Waals surface area (Å²) < 4.78 is 19.8. The van der Waals surface area contributed by atoms with Gasteiger partial charge in [0.2, 0.25) is 0 Å². The Hall–Kier alpha value is 0.187. The summed E-state index contributed by atoms with van der Waals surface area (Å²) in [7, 11) is 0. The van der Waals surface area contributed by atoms with Crippen molar-refractivity contribution in [2.75, 3.05) is 49.4 Å². The molecule has 0 aromatic rings. The molecule has 0 bridgehead atoms. The van der Waals surface area contributed by atoms with E-state index in [1.165, 1.54) is 283 Å². The minimum Gasteiger partial charge on any atom is -0.789 e. The van der Waals surface area contributed by atoms with Crippen molar-refractivity contribution in [3.63, 3.8) is 0 Å². The molecule has 0 aromatic carbocycles. The number of carbonyl (C=O) groups is 4. The molecule has 0 atom stereocenters. The third-order valence-electron chi connectivity index (χ3n) is 17.0. The van der Waals surface area contributed by atoms with E-state index in [4.69, 9.17) is 69.5 Å². The molecule has 0 saturated carbocycles. The van der Waals surface area contributed by atoms with Crippen molar-refractivity contribution in [1.82, 2.24) is 0 Å². The number of esters is 4. The van der Waals surface area contributed by atoms with Crippen molar-refractivity contribution < 1.29 is 38.1 Å². The van der Waals surface area contributed by atoms with E-state index in [2.05, 4.69) is 76.3 Å². The number of hydrogen-bond donors (Lipinski definition) is 0. The quantitative estimate of drug-likeness (QED) is 0.0145. The van der Waals surface area contributed by atoms with Crippen LogP contribution in [-0.4, -0.2) is 121 Å². The molecule has 0 N–H and O–H groups in total. The van der Waals surface area contributed by atoms with Gasteiger partial charge in [-0.1, -0.05) is 322 Å². The van der Waals surface area contributed by atoms with Crippen molar-refractivity contribution in [3.8, 4) is 0 Å². The van der Waals surface area contributed by atoms with Gasteiger partial charge in [-0.3, -0.25) is 19.2 Å². The number of unbranched alkanes of at least 4 members (excludes halogenated alkanes) is 48. The van der Waals surface area contributed by atoms with E-state index in [9.17, 15) is 19.2 Å². The fraction of sp³-hybridized carbons (Fsp3) is 0.860. The molecule has 0 heterocycles. The zero-order valence-electron chi connectivity index (χ0n) is 65.1. The molecule has 0 amide bonds. The maximum absolute atomic E-state index is 11.3. The molecule has 596 valence electrons. The second-order valence-corrected chi connectivity index (χ2v) is 28.1. The molecule has 0 aliphatic heterocycles. The van der Waals surface area contributed by atoms with E-state index in [0.717, 1.165) is 77.0 Å². The molecule has 0 aromatic heterocycles. The number of ether oxygens (including phenoxy) is 4. The van der Waals surface area contributed by atoms with E-state index in [1.54, 1.807) is 0 Å². The van der Waals surface area contributed by atoms with Crippen LogP contribution in [0.2, 0.25) is 0 Å². The molecule has 0 rings (SSSR count). The first-order valence-corrected chi connectivity index (χ1v) is 43.1. The predicted octanol–water partition coefficient (Wildman–Crippen LogP) is 26.6. The molecular weight excluding hydrogens is 1560 g/mol. The summed E-state index contributed by atoms with van der Waals surface area (Å²) in [5.74, 6) is 1.56. The predicted molar refractivity (Wildman–Crippen MR) is 464 cm³/mol. The molecular formula is C86H166O8S5Sn2. The first kappa shape index (κ1) is 120. The van der Waals surface area contributed by atoms with Crippen molar-refractivity contribution in [2.45, 2.75) is 428 Å². The van der Waals surface area contributed by atoms with Crippen molar-refractivity contribution in [3.05, 3.63) is 48.6 Å². The zero-order chi connectivity index (χ0) is 70.9. The SMILES string of the molecule is C.C.CCCCCCCCCCCC/C=C/CCCCC(=O)OCC[S-].CCCCCCCCCCCC/C=C/CCCCC(=O)OCC[S-].CCCCCCCCCCCC/C=C/CCCCC(=O)OCC[S-].CCCCCCCCCCCC/C=C/CCCCC(=O)OCC[S-].S.[Sn+2].[Sn+2]. The summed E-state index contributed by atoms with van der Waals surface area (Å²) >= 11 is 19.0. The van der Waals surface area contributed by atoms with Crippen LogP contribution in [0, 0.1) is 0 Å². The molecule has 0 aliphatic rings. The fourth-order valence-electron chi connectivity index (χ4n) is 11.0. The minimum absolute atomic E-state index is 0. The first-order chi connectivity index (χ1) is 47.2. The maximum Gasteiger partial charge on any atom is 2.00 e. The van der Waals surface area contributed by atoms with Crippen LogP contribution in [0.3, 0.4) is 0 Å². The normalized spacial score (nSPS) is 10.7. The third kappa shape index (κ3) is 124. The van der Waals surface area contributed by atoms with Crippen LogP contribution in [0.15, 0.2) is 48.6 Å². The van der Waals surface area contributed by atoms with Crippen LogP contribution < -0.4 is 0 Å². The van der Waals surface area contributed by atoms with E-state index in [-0.39, 0.29) is 100 Å². The average Bonchev–Trinajstić information content (AvgIpc) is 3.82. The standard InChI is InChI=1S/4C21H40O2S.2CH4.H2S.2Sn/c4*1-2-3-4-5-6-7-8-9-10-11-12-13-14-15-16-17-18-21(22)23-19-20-24;;;;;/h4*13-14,24H,2-12,15-20H2,1H3;2*1H4;1H2;;/q;;;;;;;2*+2/p-4/b4*14-13+;;;;;. The largest absolute Gasteiger partial charge is 2.00 e. The Bertz CT molecular complexity index is 1410. The van der Waals surface area contributed by atoms with E-state index >= 15 is 0 Å². The molecule has 0 unspecified atom stereocenters. The van der Waals surface area contributed by atoms with E-state index < -0.39 is 0 Å². The van der Waals surface area contributed by atoms with Gasteiger partial charge in [-0.25, -0.2) is 0 Å². The van der Waals surface area contributed by atoms with Gasteiger partial charge in [-0.05, 0) is 128 Å². The van der Waals surface area contributed by atoms with Gasteiger partial charge in [-0.2, -0.15) is 13.5 Å². The van der Waals surface area contributed by atoms with Crippen molar-refractivity contribution >= 4 is 136 Å². The van der Waals surface area contributed by atoms with Crippen LogP contribution in [0.4, 0.5) is 0 Å². The Morgan fingerprint density at radius 3 is 0.465 bits per heavy atom. The summed E-state index contributed by atoms with van der Waals surface area (Å²) in [6.45, 7) is 10.6. The Morgan fingerprint density at radius 1 is 0.218 bits per heavy atom. The van der Waals surface area contributed by atoms with Crippen LogP contribution >= 0.6 is 13.5 Å². The first-order valence-electron chi connectivity index (χ1n) is 40.8.